The van der Waals surface area contributed by atoms with Crippen molar-refractivity contribution >= 4 is 12.4 Å². The Kier molecular flexibility index (Phi) is 3.62. The molecule has 1 saturated heterocycles. The summed E-state index contributed by atoms with van der Waals surface area (Å²) in [6, 6.07) is 9.60. The normalized spacial score (nSPS) is 23.7. The second kappa shape index (κ2) is 5.18. The second-order valence-electron chi connectivity index (χ2n) is 4.57. The van der Waals surface area contributed by atoms with Crippen LogP contribution in [-0.4, -0.2) is 47.6 Å². The Bertz CT molecular complexity index is 435. The molecule has 1 unspecified atom stereocenters. The van der Waals surface area contributed by atoms with E-state index in [0.29, 0.717) is 19.5 Å². The first-order chi connectivity index (χ1) is 8.65. The van der Waals surface area contributed by atoms with E-state index in [1.807, 2.05) is 30.3 Å². The van der Waals surface area contributed by atoms with Crippen LogP contribution < -0.4 is 5.32 Å². The molecule has 0 saturated carbocycles. The van der Waals surface area contributed by atoms with Crippen LogP contribution in [0, 0.1) is 0 Å². The van der Waals surface area contributed by atoms with E-state index in [4.69, 9.17) is 5.11 Å². The highest BCUT2D eigenvalue weighted by atomic mass is 16.4. The van der Waals surface area contributed by atoms with Crippen LogP contribution in [0.15, 0.2) is 30.3 Å². The molecule has 18 heavy (non-hydrogen) atoms. The predicted molar refractivity (Wildman–Crippen MR) is 66.5 cm³/mol. The molecule has 96 valence electrons. The van der Waals surface area contributed by atoms with E-state index in [-0.39, 0.29) is 6.54 Å². The Morgan fingerprint density at radius 3 is 2.78 bits per heavy atom. The molecule has 5 nitrogen and oxygen atoms in total. The lowest BCUT2D eigenvalue weighted by atomic mass is 9.90. The first kappa shape index (κ1) is 12.6. The van der Waals surface area contributed by atoms with E-state index in [2.05, 4.69) is 5.32 Å². The minimum Gasteiger partial charge on any atom is -0.465 e. The van der Waals surface area contributed by atoms with Gasteiger partial charge in [-0.15, -0.1) is 0 Å². The van der Waals surface area contributed by atoms with Gasteiger partial charge in [-0.3, -0.25) is 0 Å². The average molecular weight is 248 g/mol. The molecule has 5 heteroatoms. The number of nitrogens with zero attached hydrogens (tertiary/aromatic N) is 1. The Morgan fingerprint density at radius 2 is 2.17 bits per heavy atom. The number of hydrogen-bond donors (Lipinski definition) is 2. The van der Waals surface area contributed by atoms with Crippen molar-refractivity contribution in [2.24, 2.45) is 0 Å². The van der Waals surface area contributed by atoms with E-state index in [1.54, 1.807) is 0 Å². The van der Waals surface area contributed by atoms with Crippen LogP contribution >= 0.6 is 0 Å². The maximum absolute atomic E-state index is 11.4. The van der Waals surface area contributed by atoms with Gasteiger partial charge < -0.3 is 20.1 Å². The molecular weight excluding hydrogens is 232 g/mol. The van der Waals surface area contributed by atoms with Gasteiger partial charge in [0.2, 0.25) is 0 Å². The molecule has 1 aromatic rings. The number of amides is 1. The third-order valence-corrected chi connectivity index (χ3v) is 3.19. The van der Waals surface area contributed by atoms with E-state index >= 15 is 0 Å². The summed E-state index contributed by atoms with van der Waals surface area (Å²) in [7, 11) is 0. The van der Waals surface area contributed by atoms with Crippen molar-refractivity contribution in [3.8, 4) is 0 Å². The summed E-state index contributed by atoms with van der Waals surface area (Å²) in [6.45, 7) is 1.11. The number of carbonyl (C=O) groups excluding carboxylic acids is 1. The largest absolute Gasteiger partial charge is 0.465 e. The third-order valence-electron chi connectivity index (χ3n) is 3.19. The maximum Gasteiger partial charge on any atom is 0.407 e. The zero-order valence-electron chi connectivity index (χ0n) is 10.0. The van der Waals surface area contributed by atoms with Gasteiger partial charge in [0.05, 0.1) is 5.54 Å². The number of rotatable bonds is 3. The lowest BCUT2D eigenvalue weighted by molar-refractivity contribution is -0.114. The highest BCUT2D eigenvalue weighted by molar-refractivity contribution is 5.70. The van der Waals surface area contributed by atoms with E-state index in [0.717, 1.165) is 11.8 Å². The van der Waals surface area contributed by atoms with E-state index < -0.39 is 11.6 Å². The van der Waals surface area contributed by atoms with Crippen LogP contribution in [0.5, 0.6) is 0 Å². The number of carbonyl (C=O) groups is 2. The second-order valence-corrected chi connectivity index (χ2v) is 4.57. The van der Waals surface area contributed by atoms with Gasteiger partial charge in [-0.05, 0) is 12.0 Å². The van der Waals surface area contributed by atoms with Crippen LogP contribution in [-0.2, 0) is 11.2 Å². The first-order valence-electron chi connectivity index (χ1n) is 5.88. The standard InChI is InChI=1S/C13H16N2O3/c16-10-13(8-11-4-2-1-3-5-11)9-15(12(17)18)7-6-14-13/h1-5,10,14H,6-9H2,(H,17,18). The summed E-state index contributed by atoms with van der Waals surface area (Å²) in [5.41, 5.74) is 0.210. The summed E-state index contributed by atoms with van der Waals surface area (Å²) in [4.78, 5) is 23.7. The van der Waals surface area contributed by atoms with Crippen LogP contribution in [0.1, 0.15) is 5.56 Å². The fraction of sp³-hybridized carbons (Fsp3) is 0.385. The van der Waals surface area contributed by atoms with Crippen LogP contribution in [0.3, 0.4) is 0 Å². The molecule has 0 spiro atoms. The minimum absolute atomic E-state index is 0.195. The smallest absolute Gasteiger partial charge is 0.407 e. The van der Waals surface area contributed by atoms with Crippen LogP contribution in [0.2, 0.25) is 0 Å². The maximum atomic E-state index is 11.4. The molecule has 1 aromatic carbocycles. The van der Waals surface area contributed by atoms with Crippen molar-refractivity contribution in [1.29, 1.82) is 0 Å². The molecule has 1 atom stereocenters. The molecule has 0 aromatic heterocycles. The van der Waals surface area contributed by atoms with Crippen molar-refractivity contribution in [1.82, 2.24) is 10.2 Å². The number of nitrogens with one attached hydrogen (secondary N) is 1. The predicted octanol–water partition coefficient (Wildman–Crippen LogP) is 0.750. The Hall–Kier alpha value is -1.88. The zero-order valence-corrected chi connectivity index (χ0v) is 10.0. The first-order valence-corrected chi connectivity index (χ1v) is 5.88. The molecule has 2 N–H and O–H groups in total. The quantitative estimate of drug-likeness (QED) is 0.774. The molecule has 2 rings (SSSR count). The zero-order chi connectivity index (χ0) is 13.0. The highest BCUT2D eigenvalue weighted by Crippen LogP contribution is 2.16. The fourth-order valence-electron chi connectivity index (χ4n) is 2.28. The lowest BCUT2D eigenvalue weighted by Gasteiger charge is -2.39. The minimum atomic E-state index is -0.976. The van der Waals surface area contributed by atoms with Crippen LogP contribution in [0.25, 0.3) is 0 Å². The summed E-state index contributed by atoms with van der Waals surface area (Å²) < 4.78 is 0. The Balaban J connectivity index is 2.15. The summed E-state index contributed by atoms with van der Waals surface area (Å²) in [6.07, 6.45) is 0.353. The molecule has 1 aliphatic heterocycles. The number of hydrogen-bond acceptors (Lipinski definition) is 3. The highest BCUT2D eigenvalue weighted by Gasteiger charge is 2.36. The van der Waals surface area contributed by atoms with Gasteiger partial charge in [0.15, 0.2) is 0 Å². The third kappa shape index (κ3) is 2.68. The molecule has 0 bridgehead atoms. The van der Waals surface area contributed by atoms with Crippen molar-refractivity contribution in [3.63, 3.8) is 0 Å². The summed E-state index contributed by atoms with van der Waals surface area (Å²) >= 11 is 0. The van der Waals surface area contributed by atoms with E-state index in [9.17, 15) is 9.59 Å². The Morgan fingerprint density at radius 1 is 1.44 bits per heavy atom. The molecule has 0 radical (unpaired) electrons. The molecule has 1 heterocycles. The molecular formula is C13H16N2O3. The molecule has 1 amide bonds. The monoisotopic (exact) mass is 248 g/mol. The van der Waals surface area contributed by atoms with Gasteiger partial charge in [0.25, 0.3) is 0 Å². The topological polar surface area (TPSA) is 69.6 Å². The number of aldehydes is 1. The van der Waals surface area contributed by atoms with Gasteiger partial charge in [-0.1, -0.05) is 30.3 Å². The van der Waals surface area contributed by atoms with Crippen molar-refractivity contribution < 1.29 is 14.7 Å². The SMILES string of the molecule is O=CC1(Cc2ccccc2)CN(C(=O)O)CCN1. The van der Waals surface area contributed by atoms with Crippen molar-refractivity contribution in [2.45, 2.75) is 12.0 Å². The van der Waals surface area contributed by atoms with Crippen molar-refractivity contribution in [2.75, 3.05) is 19.6 Å². The van der Waals surface area contributed by atoms with Gasteiger partial charge in [-0.2, -0.15) is 0 Å². The number of piperazine rings is 1. The number of carboxylic acid groups (broad SMARTS) is 1. The van der Waals surface area contributed by atoms with Crippen molar-refractivity contribution in [3.05, 3.63) is 35.9 Å². The fourth-order valence-corrected chi connectivity index (χ4v) is 2.28. The molecule has 1 fully saturated rings. The van der Waals surface area contributed by atoms with Gasteiger partial charge in [0.1, 0.15) is 6.29 Å². The summed E-state index contributed by atoms with van der Waals surface area (Å²) in [5.74, 6) is 0. The van der Waals surface area contributed by atoms with E-state index in [1.165, 1.54) is 4.90 Å². The lowest BCUT2D eigenvalue weighted by Crippen LogP contribution is -2.63. The van der Waals surface area contributed by atoms with Gasteiger partial charge >= 0.3 is 6.09 Å². The van der Waals surface area contributed by atoms with Gasteiger partial charge in [-0.25, -0.2) is 4.79 Å². The van der Waals surface area contributed by atoms with Crippen LogP contribution in [0.4, 0.5) is 4.79 Å². The average Bonchev–Trinajstić information content (AvgIpc) is 2.40. The van der Waals surface area contributed by atoms with Gasteiger partial charge in [0, 0.05) is 19.6 Å². The molecule has 0 aliphatic carbocycles. The number of benzene rings is 1. The summed E-state index contributed by atoms with van der Waals surface area (Å²) in [5, 5.41) is 12.2. The molecule has 1 aliphatic rings. The Labute approximate surface area is 105 Å².